The highest BCUT2D eigenvalue weighted by Gasteiger charge is 2.43. The van der Waals surface area contributed by atoms with Crippen LogP contribution in [0.3, 0.4) is 0 Å². The number of rotatable bonds is 4. The molecule has 0 aliphatic carbocycles. The van der Waals surface area contributed by atoms with Crippen molar-refractivity contribution in [1.82, 2.24) is 25.1 Å². The predicted octanol–water partition coefficient (Wildman–Crippen LogP) is 2.59. The van der Waals surface area contributed by atoms with Gasteiger partial charge >= 0.3 is 6.03 Å². The van der Waals surface area contributed by atoms with Gasteiger partial charge in [0, 0.05) is 44.8 Å². The molecule has 182 valence electrons. The van der Waals surface area contributed by atoms with Crippen LogP contribution in [0.25, 0.3) is 0 Å². The van der Waals surface area contributed by atoms with Crippen molar-refractivity contribution in [3.05, 3.63) is 77.3 Å². The van der Waals surface area contributed by atoms with Crippen molar-refractivity contribution < 1.29 is 23.1 Å². The average molecular weight is 482 g/mol. The van der Waals surface area contributed by atoms with E-state index in [1.165, 1.54) is 35.4 Å². The van der Waals surface area contributed by atoms with Crippen LogP contribution in [0.15, 0.2) is 60.3 Å². The molecule has 0 spiro atoms. The molecule has 1 aromatic carbocycles. The van der Waals surface area contributed by atoms with Crippen LogP contribution in [0.2, 0.25) is 0 Å². The van der Waals surface area contributed by atoms with Crippen molar-refractivity contribution >= 4 is 17.9 Å². The second-order valence-corrected chi connectivity index (χ2v) is 8.54. The summed E-state index contributed by atoms with van der Waals surface area (Å²) >= 11 is 0. The second-order valence-electron chi connectivity index (χ2n) is 8.54. The first-order chi connectivity index (χ1) is 16.9. The molecule has 2 saturated heterocycles. The Morgan fingerprint density at radius 2 is 1.91 bits per heavy atom. The number of nitrogens with one attached hydrogen (secondary N) is 1. The van der Waals surface area contributed by atoms with E-state index >= 15 is 0 Å². The third-order valence-corrected chi connectivity index (χ3v) is 6.24. The lowest BCUT2D eigenvalue weighted by atomic mass is 10.1. The minimum Gasteiger partial charge on any atom is -0.343 e. The monoisotopic (exact) mass is 482 g/mol. The van der Waals surface area contributed by atoms with Crippen LogP contribution in [0.4, 0.5) is 19.5 Å². The van der Waals surface area contributed by atoms with E-state index in [4.69, 9.17) is 4.74 Å². The molecule has 1 N–H and O–H groups in total. The fourth-order valence-electron chi connectivity index (χ4n) is 4.14. The molecule has 3 amide bonds. The number of halogens is 2. The lowest BCUT2D eigenvalue weighted by Crippen LogP contribution is -2.49. The molecule has 11 heteroatoms. The lowest BCUT2D eigenvalue weighted by Gasteiger charge is -2.34. The van der Waals surface area contributed by atoms with Crippen molar-refractivity contribution in [2.45, 2.75) is 25.8 Å². The number of fused-ring (bicyclic) bond motifs is 1. The topological polar surface area (TPSA) is 94.2 Å². The fraction of sp³-hybridized carbons (Fsp3) is 0.333. The van der Waals surface area contributed by atoms with E-state index in [2.05, 4.69) is 15.3 Å². The van der Waals surface area contributed by atoms with Crippen LogP contribution >= 0.6 is 0 Å². The summed E-state index contributed by atoms with van der Waals surface area (Å²) in [6.45, 7) is 3.47. The molecule has 1 aromatic heterocycles. The molecule has 2 fully saturated rings. The summed E-state index contributed by atoms with van der Waals surface area (Å²) in [4.78, 5) is 39.0. The third kappa shape index (κ3) is 4.85. The van der Waals surface area contributed by atoms with Gasteiger partial charge in [-0.25, -0.2) is 23.5 Å². The summed E-state index contributed by atoms with van der Waals surface area (Å²) in [6.07, 6.45) is 4.78. The Labute approximate surface area is 200 Å². The number of piperazine rings is 1. The summed E-state index contributed by atoms with van der Waals surface area (Å²) in [5, 5.41) is 2.68. The maximum Gasteiger partial charge on any atom is 0.323 e. The van der Waals surface area contributed by atoms with Gasteiger partial charge in [-0.05, 0) is 42.3 Å². The Balaban J connectivity index is 1.28. The Morgan fingerprint density at radius 1 is 1.17 bits per heavy atom. The van der Waals surface area contributed by atoms with E-state index in [9.17, 15) is 18.4 Å². The number of epoxide rings is 1. The number of allylic oxidation sites excluding steroid dienone is 2. The number of ether oxygens (including phenoxy) is 1. The van der Waals surface area contributed by atoms with E-state index < -0.39 is 35.9 Å². The van der Waals surface area contributed by atoms with Gasteiger partial charge < -0.3 is 19.9 Å². The van der Waals surface area contributed by atoms with Gasteiger partial charge in [0.1, 0.15) is 17.7 Å². The number of aromatic nitrogens is 2. The normalized spacial score (nSPS) is 25.2. The highest BCUT2D eigenvalue weighted by Crippen LogP contribution is 2.31. The van der Waals surface area contributed by atoms with Crippen molar-refractivity contribution in [2.24, 2.45) is 0 Å². The van der Waals surface area contributed by atoms with Gasteiger partial charge in [-0.2, -0.15) is 0 Å². The van der Waals surface area contributed by atoms with E-state index in [-0.39, 0.29) is 12.1 Å². The van der Waals surface area contributed by atoms with Crippen LogP contribution in [-0.2, 0) is 11.3 Å². The number of nitrogens with zero attached hydrogens (tertiary/aromatic N) is 5. The van der Waals surface area contributed by atoms with E-state index in [1.54, 1.807) is 30.3 Å². The first-order valence-electron chi connectivity index (χ1n) is 11.3. The van der Waals surface area contributed by atoms with Crippen LogP contribution in [0.5, 0.6) is 0 Å². The van der Waals surface area contributed by atoms with E-state index in [0.717, 1.165) is 0 Å². The SMILES string of the molecule is C/C1=C(F)\C=C/N(Cc2ccc(F)c(C(=O)N3CCN(c4ncccn4)CC3)c2)C(=O)N[C@@H]2OC12. The van der Waals surface area contributed by atoms with Crippen molar-refractivity contribution in [3.63, 3.8) is 0 Å². The molecular weight excluding hydrogens is 458 g/mol. The number of benzene rings is 1. The van der Waals surface area contributed by atoms with Crippen LogP contribution < -0.4 is 10.2 Å². The minimum absolute atomic E-state index is 0.0196. The van der Waals surface area contributed by atoms with Gasteiger partial charge in [-0.3, -0.25) is 9.69 Å². The molecule has 2 atom stereocenters. The molecule has 9 nitrogen and oxygen atoms in total. The maximum atomic E-state index is 14.6. The molecule has 3 aliphatic rings. The zero-order valence-corrected chi connectivity index (χ0v) is 19.0. The lowest BCUT2D eigenvalue weighted by molar-refractivity contribution is 0.0741. The number of hydrogen-bond acceptors (Lipinski definition) is 6. The van der Waals surface area contributed by atoms with Gasteiger partial charge in [0.05, 0.1) is 12.1 Å². The summed E-state index contributed by atoms with van der Waals surface area (Å²) in [5.41, 5.74) is 0.856. The van der Waals surface area contributed by atoms with Gasteiger partial charge in [0.2, 0.25) is 5.95 Å². The smallest absolute Gasteiger partial charge is 0.323 e. The molecule has 2 aromatic rings. The predicted molar refractivity (Wildman–Crippen MR) is 122 cm³/mol. The minimum atomic E-state index is -0.643. The number of hydrogen-bond donors (Lipinski definition) is 1. The number of carbonyl (C=O) groups is 2. The van der Waals surface area contributed by atoms with Gasteiger partial charge in [0.15, 0.2) is 6.23 Å². The first kappa shape index (κ1) is 22.9. The molecule has 0 saturated carbocycles. The molecule has 1 unspecified atom stereocenters. The summed E-state index contributed by atoms with van der Waals surface area (Å²) in [6, 6.07) is 5.40. The molecule has 4 heterocycles. The van der Waals surface area contributed by atoms with Crippen molar-refractivity contribution in [3.8, 4) is 0 Å². The molecule has 3 aliphatic heterocycles. The van der Waals surface area contributed by atoms with Crippen LogP contribution in [0.1, 0.15) is 22.8 Å². The molecule has 0 bridgehead atoms. The van der Waals surface area contributed by atoms with Crippen LogP contribution in [0, 0.1) is 5.82 Å². The highest BCUT2D eigenvalue weighted by molar-refractivity contribution is 5.95. The number of anilines is 1. The highest BCUT2D eigenvalue weighted by atomic mass is 19.1. The number of urea groups is 1. The Morgan fingerprint density at radius 3 is 2.66 bits per heavy atom. The van der Waals surface area contributed by atoms with Crippen molar-refractivity contribution in [2.75, 3.05) is 31.1 Å². The van der Waals surface area contributed by atoms with E-state index in [0.29, 0.717) is 43.3 Å². The fourth-order valence-corrected chi connectivity index (χ4v) is 4.14. The largest absolute Gasteiger partial charge is 0.343 e. The molecule has 5 rings (SSSR count). The van der Waals surface area contributed by atoms with Gasteiger partial charge in [-0.15, -0.1) is 0 Å². The van der Waals surface area contributed by atoms with E-state index in [1.807, 2.05) is 4.90 Å². The maximum absolute atomic E-state index is 14.6. The Bertz CT molecular complexity index is 1200. The second kappa shape index (κ2) is 9.41. The number of carbonyl (C=O) groups excluding carboxylic acids is 2. The van der Waals surface area contributed by atoms with Crippen LogP contribution in [-0.4, -0.2) is 70.2 Å². The zero-order chi connectivity index (χ0) is 24.5. The Hall–Kier alpha value is -3.86. The molecular formula is C24H24F2N6O3. The first-order valence-corrected chi connectivity index (χ1v) is 11.3. The Kier molecular flexibility index (Phi) is 6.16. The summed E-state index contributed by atoms with van der Waals surface area (Å²) in [5.74, 6) is -0.960. The summed E-state index contributed by atoms with van der Waals surface area (Å²) in [7, 11) is 0. The molecule has 0 radical (unpaired) electrons. The summed E-state index contributed by atoms with van der Waals surface area (Å²) < 4.78 is 34.3. The van der Waals surface area contributed by atoms with Gasteiger partial charge in [0.25, 0.3) is 5.91 Å². The number of amides is 3. The average Bonchev–Trinajstić information content (AvgIpc) is 3.65. The standard InChI is InChI=1S/C24H24F2N6O3/c1-15-18(25)5-8-32(24(34)29-21-20(15)35-21)14-16-3-4-19(26)17(13-16)22(33)30-9-11-31(12-10-30)23-27-6-2-7-28-23/h2-8,13,20-21H,9-12,14H2,1H3,(H,29,34)/b8-5-,18-15-/t20?,21-/m1/s1. The van der Waals surface area contributed by atoms with Crippen molar-refractivity contribution in [1.29, 1.82) is 0 Å². The zero-order valence-electron chi connectivity index (χ0n) is 19.0. The quantitative estimate of drug-likeness (QED) is 0.674. The van der Waals surface area contributed by atoms with Gasteiger partial charge in [-0.1, -0.05) is 6.07 Å². The molecule has 35 heavy (non-hydrogen) atoms. The third-order valence-electron chi connectivity index (χ3n) is 6.24.